The van der Waals surface area contributed by atoms with Gasteiger partial charge in [0.05, 0.1) is 0 Å². The largest absolute Gasteiger partial charge is 0.326 e. The average Bonchev–Trinajstić information content (AvgIpc) is 2.46. The zero-order valence-corrected chi connectivity index (χ0v) is 13.3. The highest BCUT2D eigenvalue weighted by molar-refractivity contribution is 5.94. The van der Waals surface area contributed by atoms with E-state index in [0.29, 0.717) is 6.42 Å². The van der Waals surface area contributed by atoms with E-state index >= 15 is 0 Å². The molecule has 4 heteroatoms. The number of anilines is 2. The lowest BCUT2D eigenvalue weighted by molar-refractivity contribution is -0.117. The molecule has 21 heavy (non-hydrogen) atoms. The molecule has 0 saturated heterocycles. The van der Waals surface area contributed by atoms with Crippen molar-refractivity contribution in [2.45, 2.75) is 52.4 Å². The molecule has 0 aromatic heterocycles. The first-order valence-corrected chi connectivity index (χ1v) is 7.68. The molecule has 1 aromatic rings. The average molecular weight is 290 g/mol. The Morgan fingerprint density at radius 1 is 1.14 bits per heavy atom. The summed E-state index contributed by atoms with van der Waals surface area (Å²) in [6.07, 6.45) is 6.23. The predicted octanol–water partition coefficient (Wildman–Crippen LogP) is 3.97. The molecule has 0 unspecified atom stereocenters. The normalized spacial score (nSPS) is 10.2. The summed E-state index contributed by atoms with van der Waals surface area (Å²) in [5, 5.41) is 2.89. The highest BCUT2D eigenvalue weighted by Crippen LogP contribution is 2.19. The van der Waals surface area contributed by atoms with Crippen LogP contribution in [0.3, 0.4) is 0 Å². The van der Waals surface area contributed by atoms with Gasteiger partial charge in [-0.3, -0.25) is 9.59 Å². The van der Waals surface area contributed by atoms with E-state index in [-0.39, 0.29) is 11.8 Å². The van der Waals surface area contributed by atoms with E-state index in [4.69, 9.17) is 0 Å². The number of hydrogen-bond donors (Lipinski definition) is 1. The molecule has 0 radical (unpaired) electrons. The van der Waals surface area contributed by atoms with Crippen molar-refractivity contribution in [3.8, 4) is 0 Å². The van der Waals surface area contributed by atoms with E-state index in [1.165, 1.54) is 26.2 Å². The Morgan fingerprint density at radius 3 is 2.52 bits per heavy atom. The van der Waals surface area contributed by atoms with Gasteiger partial charge in [0.25, 0.3) is 0 Å². The number of unbranched alkanes of at least 4 members (excludes halogenated alkanes) is 4. The fourth-order valence-electron chi connectivity index (χ4n) is 2.09. The van der Waals surface area contributed by atoms with Crippen LogP contribution in [0.15, 0.2) is 24.3 Å². The second kappa shape index (κ2) is 9.16. The van der Waals surface area contributed by atoms with Crippen molar-refractivity contribution in [1.82, 2.24) is 0 Å². The van der Waals surface area contributed by atoms with Crippen molar-refractivity contribution in [3.63, 3.8) is 0 Å². The Morgan fingerprint density at radius 2 is 1.86 bits per heavy atom. The minimum absolute atomic E-state index is 0.0330. The highest BCUT2D eigenvalue weighted by atomic mass is 16.2. The molecule has 0 spiro atoms. The lowest BCUT2D eigenvalue weighted by Crippen LogP contribution is -2.22. The van der Waals surface area contributed by atoms with Crippen molar-refractivity contribution in [3.05, 3.63) is 24.3 Å². The summed E-state index contributed by atoms with van der Waals surface area (Å²) in [4.78, 5) is 24.8. The summed E-state index contributed by atoms with van der Waals surface area (Å²) in [5.74, 6) is 0.00327. The number of rotatable bonds is 8. The maximum Gasteiger partial charge on any atom is 0.224 e. The summed E-state index contributed by atoms with van der Waals surface area (Å²) in [6.45, 7) is 3.69. The summed E-state index contributed by atoms with van der Waals surface area (Å²) in [6, 6.07) is 7.34. The molecule has 0 aliphatic heterocycles. The molecule has 1 aromatic carbocycles. The lowest BCUT2D eigenvalue weighted by atomic mass is 10.1. The van der Waals surface area contributed by atoms with Gasteiger partial charge in [-0.2, -0.15) is 0 Å². The molecule has 116 valence electrons. The second-order valence-electron chi connectivity index (χ2n) is 5.34. The second-order valence-corrected chi connectivity index (χ2v) is 5.34. The van der Waals surface area contributed by atoms with Crippen molar-refractivity contribution in [2.75, 3.05) is 17.3 Å². The fourth-order valence-corrected chi connectivity index (χ4v) is 2.09. The number of amides is 2. The van der Waals surface area contributed by atoms with E-state index in [2.05, 4.69) is 12.2 Å². The number of benzene rings is 1. The van der Waals surface area contributed by atoms with Gasteiger partial charge in [0, 0.05) is 31.8 Å². The molecule has 0 aliphatic carbocycles. The molecular formula is C17H26N2O2. The zero-order chi connectivity index (χ0) is 15.7. The first kappa shape index (κ1) is 17.2. The van der Waals surface area contributed by atoms with Crippen LogP contribution in [0.25, 0.3) is 0 Å². The van der Waals surface area contributed by atoms with Crippen molar-refractivity contribution >= 4 is 23.2 Å². The van der Waals surface area contributed by atoms with Crippen molar-refractivity contribution in [2.24, 2.45) is 0 Å². The van der Waals surface area contributed by atoms with Crippen LogP contribution in [-0.4, -0.2) is 18.9 Å². The Kier molecular flexibility index (Phi) is 7.51. The minimum atomic E-state index is -0.0330. The summed E-state index contributed by atoms with van der Waals surface area (Å²) in [7, 11) is 1.72. The minimum Gasteiger partial charge on any atom is -0.326 e. The van der Waals surface area contributed by atoms with Crippen LogP contribution >= 0.6 is 0 Å². The molecule has 0 aliphatic rings. The molecule has 0 atom stereocenters. The molecule has 2 amide bonds. The van der Waals surface area contributed by atoms with Crippen LogP contribution in [-0.2, 0) is 9.59 Å². The van der Waals surface area contributed by atoms with Crippen LogP contribution in [0.5, 0.6) is 0 Å². The number of nitrogens with zero attached hydrogens (tertiary/aromatic N) is 1. The standard InChI is InChI=1S/C17H26N2O2/c1-4-5-6-7-8-12-17(21)18-15-10-9-11-16(13-15)19(3)14(2)20/h9-11,13H,4-8,12H2,1-3H3,(H,18,21). The summed E-state index contributed by atoms with van der Waals surface area (Å²) < 4.78 is 0. The first-order chi connectivity index (χ1) is 10.0. The number of nitrogens with one attached hydrogen (secondary N) is 1. The van der Waals surface area contributed by atoms with Gasteiger partial charge in [0.2, 0.25) is 11.8 Å². The first-order valence-electron chi connectivity index (χ1n) is 7.68. The molecular weight excluding hydrogens is 264 g/mol. The third kappa shape index (κ3) is 6.43. The van der Waals surface area contributed by atoms with E-state index in [1.807, 2.05) is 24.3 Å². The predicted molar refractivity (Wildman–Crippen MR) is 87.5 cm³/mol. The van der Waals surface area contributed by atoms with E-state index < -0.39 is 0 Å². The Balaban J connectivity index is 2.45. The SMILES string of the molecule is CCCCCCCC(=O)Nc1cccc(N(C)C(C)=O)c1. The van der Waals surface area contributed by atoms with Gasteiger partial charge in [0.15, 0.2) is 0 Å². The lowest BCUT2D eigenvalue weighted by Gasteiger charge is -2.16. The van der Waals surface area contributed by atoms with Gasteiger partial charge in [-0.15, -0.1) is 0 Å². The number of carbonyl (C=O) groups excluding carboxylic acids is 2. The fraction of sp³-hybridized carbons (Fsp3) is 0.529. The summed E-state index contributed by atoms with van der Waals surface area (Å²) >= 11 is 0. The van der Waals surface area contributed by atoms with E-state index in [1.54, 1.807) is 11.9 Å². The number of carbonyl (C=O) groups is 2. The van der Waals surface area contributed by atoms with Crippen LogP contribution in [0, 0.1) is 0 Å². The van der Waals surface area contributed by atoms with Gasteiger partial charge in [-0.05, 0) is 24.6 Å². The maximum absolute atomic E-state index is 11.9. The Bertz CT molecular complexity index is 472. The molecule has 0 heterocycles. The van der Waals surface area contributed by atoms with Crippen LogP contribution in [0.2, 0.25) is 0 Å². The quantitative estimate of drug-likeness (QED) is 0.736. The smallest absolute Gasteiger partial charge is 0.224 e. The monoisotopic (exact) mass is 290 g/mol. The van der Waals surface area contributed by atoms with Crippen LogP contribution < -0.4 is 10.2 Å². The van der Waals surface area contributed by atoms with Crippen LogP contribution in [0.1, 0.15) is 52.4 Å². The van der Waals surface area contributed by atoms with Gasteiger partial charge in [-0.25, -0.2) is 0 Å². The summed E-state index contributed by atoms with van der Waals surface area (Å²) in [5.41, 5.74) is 1.52. The van der Waals surface area contributed by atoms with Gasteiger partial charge >= 0.3 is 0 Å². The Labute approximate surface area is 127 Å². The van der Waals surface area contributed by atoms with Gasteiger partial charge in [-0.1, -0.05) is 38.7 Å². The van der Waals surface area contributed by atoms with Crippen molar-refractivity contribution in [1.29, 1.82) is 0 Å². The molecule has 0 saturated carbocycles. The number of hydrogen-bond acceptors (Lipinski definition) is 2. The third-order valence-electron chi connectivity index (χ3n) is 3.50. The molecule has 1 rings (SSSR count). The zero-order valence-electron chi connectivity index (χ0n) is 13.3. The molecule has 0 fully saturated rings. The molecule has 4 nitrogen and oxygen atoms in total. The third-order valence-corrected chi connectivity index (χ3v) is 3.50. The van der Waals surface area contributed by atoms with Gasteiger partial charge in [0.1, 0.15) is 0 Å². The molecule has 1 N–H and O–H groups in total. The highest BCUT2D eigenvalue weighted by Gasteiger charge is 2.07. The maximum atomic E-state index is 11.9. The molecule has 0 bridgehead atoms. The van der Waals surface area contributed by atoms with Gasteiger partial charge < -0.3 is 10.2 Å². The topological polar surface area (TPSA) is 49.4 Å². The Hall–Kier alpha value is -1.84. The van der Waals surface area contributed by atoms with E-state index in [9.17, 15) is 9.59 Å². The van der Waals surface area contributed by atoms with E-state index in [0.717, 1.165) is 24.2 Å². The van der Waals surface area contributed by atoms with Crippen LogP contribution in [0.4, 0.5) is 11.4 Å². The van der Waals surface area contributed by atoms with Crippen molar-refractivity contribution < 1.29 is 9.59 Å².